The summed E-state index contributed by atoms with van der Waals surface area (Å²) in [6.07, 6.45) is 0.748. The van der Waals surface area contributed by atoms with Crippen LogP contribution >= 0.6 is 11.3 Å². The molecule has 0 saturated carbocycles. The minimum absolute atomic E-state index is 0.249. The predicted molar refractivity (Wildman–Crippen MR) is 119 cm³/mol. The molecule has 1 aliphatic rings. The van der Waals surface area contributed by atoms with Crippen molar-refractivity contribution in [3.05, 3.63) is 52.2 Å². The first-order valence-corrected chi connectivity index (χ1v) is 12.6. The number of hydrogen-bond donors (Lipinski definition) is 1. The van der Waals surface area contributed by atoms with E-state index in [4.69, 9.17) is 4.74 Å². The van der Waals surface area contributed by atoms with Crippen LogP contribution in [0.2, 0.25) is 0 Å². The van der Waals surface area contributed by atoms with Gasteiger partial charge in [0.2, 0.25) is 10.0 Å². The molecule has 2 aromatic rings. The normalized spacial score (nSPS) is 15.7. The number of carbonyl (C=O) groups is 2. The van der Waals surface area contributed by atoms with Gasteiger partial charge in [-0.15, -0.1) is 11.3 Å². The maximum Gasteiger partial charge on any atom is 0.309 e. The van der Waals surface area contributed by atoms with Crippen LogP contribution in [0.4, 0.5) is 0 Å². The summed E-state index contributed by atoms with van der Waals surface area (Å²) in [6.45, 7) is 4.69. The van der Waals surface area contributed by atoms with Crippen molar-refractivity contribution in [1.29, 1.82) is 0 Å². The maximum absolute atomic E-state index is 12.9. The predicted octanol–water partition coefficient (Wildman–Crippen LogP) is 3.13. The molecule has 3 rings (SSSR count). The lowest BCUT2D eigenvalue weighted by Gasteiger charge is -2.30. The average molecular weight is 465 g/mol. The Bertz CT molecular complexity index is 977. The van der Waals surface area contributed by atoms with Gasteiger partial charge in [0.1, 0.15) is 0 Å². The van der Waals surface area contributed by atoms with Crippen LogP contribution in [-0.2, 0) is 30.9 Å². The first kappa shape index (κ1) is 23.4. The topological polar surface area (TPSA) is 92.8 Å². The minimum Gasteiger partial charge on any atom is -0.455 e. The number of carbonyl (C=O) groups excluding carboxylic acids is 2. The number of thiophene rings is 1. The molecule has 0 aliphatic carbocycles. The molecular weight excluding hydrogens is 436 g/mol. The molecule has 0 atom stereocenters. The van der Waals surface area contributed by atoms with Gasteiger partial charge in [-0.05, 0) is 47.9 Å². The van der Waals surface area contributed by atoms with E-state index in [9.17, 15) is 18.0 Å². The van der Waals surface area contributed by atoms with E-state index in [1.807, 2.05) is 29.6 Å². The molecule has 1 aromatic carbocycles. The summed E-state index contributed by atoms with van der Waals surface area (Å²) in [4.78, 5) is 25.4. The van der Waals surface area contributed by atoms with Crippen molar-refractivity contribution in [2.24, 2.45) is 5.92 Å². The maximum atomic E-state index is 12.9. The molecule has 1 amide bonds. The Balaban J connectivity index is 1.45. The standard InChI is InChI=1S/C22H28N2O5S2/c1-16(2)17-5-7-20(8-6-17)31(27,28)24-11-9-18(10-12-24)22(26)29-15-21(25)23-14-19-4-3-13-30-19/h3-8,13,16,18H,9-12,14-15H2,1-2H3,(H,23,25). The Morgan fingerprint density at radius 2 is 1.84 bits per heavy atom. The number of nitrogens with zero attached hydrogens (tertiary/aromatic N) is 1. The van der Waals surface area contributed by atoms with Gasteiger partial charge in [0.25, 0.3) is 5.91 Å². The second kappa shape index (κ2) is 10.4. The van der Waals surface area contributed by atoms with Gasteiger partial charge in [0.15, 0.2) is 6.61 Å². The number of hydrogen-bond acceptors (Lipinski definition) is 6. The summed E-state index contributed by atoms with van der Waals surface area (Å²) in [7, 11) is -3.59. The Morgan fingerprint density at radius 3 is 2.42 bits per heavy atom. The zero-order valence-electron chi connectivity index (χ0n) is 17.7. The molecule has 1 fully saturated rings. The van der Waals surface area contributed by atoms with Crippen molar-refractivity contribution in [3.63, 3.8) is 0 Å². The van der Waals surface area contributed by atoms with E-state index in [-0.39, 0.29) is 30.5 Å². The molecule has 7 nitrogen and oxygen atoms in total. The average Bonchev–Trinajstić information content (AvgIpc) is 3.30. The van der Waals surface area contributed by atoms with Crippen LogP contribution in [0.25, 0.3) is 0 Å². The molecule has 31 heavy (non-hydrogen) atoms. The van der Waals surface area contributed by atoms with E-state index in [1.165, 1.54) is 15.6 Å². The highest BCUT2D eigenvalue weighted by Crippen LogP contribution is 2.25. The van der Waals surface area contributed by atoms with E-state index in [0.717, 1.165) is 10.4 Å². The van der Waals surface area contributed by atoms with Gasteiger partial charge in [0, 0.05) is 18.0 Å². The second-order valence-corrected chi connectivity index (χ2v) is 10.8. The fourth-order valence-corrected chi connectivity index (χ4v) is 5.52. The number of esters is 1. The number of ether oxygens (including phenoxy) is 1. The minimum atomic E-state index is -3.59. The van der Waals surface area contributed by atoms with Crippen LogP contribution in [0.3, 0.4) is 0 Å². The monoisotopic (exact) mass is 464 g/mol. The highest BCUT2D eigenvalue weighted by atomic mass is 32.2. The fourth-order valence-electron chi connectivity index (χ4n) is 3.41. The van der Waals surface area contributed by atoms with Gasteiger partial charge < -0.3 is 10.1 Å². The third-order valence-electron chi connectivity index (χ3n) is 5.36. The van der Waals surface area contributed by atoms with Gasteiger partial charge >= 0.3 is 5.97 Å². The SMILES string of the molecule is CC(C)c1ccc(S(=O)(=O)N2CCC(C(=O)OCC(=O)NCc3cccs3)CC2)cc1. The van der Waals surface area contributed by atoms with Crippen LogP contribution in [0.5, 0.6) is 0 Å². The Labute approximate surface area is 187 Å². The first-order chi connectivity index (χ1) is 14.8. The zero-order valence-corrected chi connectivity index (χ0v) is 19.4. The lowest BCUT2D eigenvalue weighted by Crippen LogP contribution is -2.41. The summed E-state index contributed by atoms with van der Waals surface area (Å²) >= 11 is 1.54. The van der Waals surface area contributed by atoms with E-state index in [1.54, 1.807) is 12.1 Å². The zero-order chi connectivity index (χ0) is 22.4. The van der Waals surface area contributed by atoms with Crippen LogP contribution in [0, 0.1) is 5.92 Å². The molecule has 1 aliphatic heterocycles. The number of piperidine rings is 1. The van der Waals surface area contributed by atoms with Gasteiger partial charge in [-0.25, -0.2) is 8.42 Å². The summed E-state index contributed by atoms with van der Waals surface area (Å²) in [6, 6.07) is 10.8. The van der Waals surface area contributed by atoms with Crippen molar-refractivity contribution in [2.45, 2.75) is 44.0 Å². The molecule has 0 spiro atoms. The molecule has 0 bridgehead atoms. The van der Waals surface area contributed by atoms with Crippen LogP contribution in [0.1, 0.15) is 43.0 Å². The first-order valence-electron chi connectivity index (χ1n) is 10.3. The van der Waals surface area contributed by atoms with Gasteiger partial charge in [-0.2, -0.15) is 4.31 Å². The van der Waals surface area contributed by atoms with Crippen LogP contribution in [-0.4, -0.2) is 44.3 Å². The van der Waals surface area contributed by atoms with Crippen molar-refractivity contribution >= 4 is 33.2 Å². The summed E-state index contributed by atoms with van der Waals surface area (Å²) in [5.74, 6) is -0.882. The number of sulfonamides is 1. The van der Waals surface area contributed by atoms with Crippen molar-refractivity contribution in [1.82, 2.24) is 9.62 Å². The highest BCUT2D eigenvalue weighted by Gasteiger charge is 2.33. The van der Waals surface area contributed by atoms with Gasteiger partial charge in [-0.3, -0.25) is 9.59 Å². The lowest BCUT2D eigenvalue weighted by molar-refractivity contribution is -0.153. The summed E-state index contributed by atoms with van der Waals surface area (Å²) in [5, 5.41) is 4.63. The van der Waals surface area contributed by atoms with E-state index in [2.05, 4.69) is 19.2 Å². The molecule has 0 radical (unpaired) electrons. The van der Waals surface area contributed by atoms with Crippen molar-refractivity contribution < 1.29 is 22.7 Å². The summed E-state index contributed by atoms with van der Waals surface area (Å²) < 4.78 is 32.3. The molecule has 0 unspecified atom stereocenters. The molecule has 1 aromatic heterocycles. The third kappa shape index (κ3) is 6.15. The fraction of sp³-hybridized carbons (Fsp3) is 0.455. The highest BCUT2D eigenvalue weighted by molar-refractivity contribution is 7.89. The van der Waals surface area contributed by atoms with Crippen molar-refractivity contribution in [2.75, 3.05) is 19.7 Å². The smallest absolute Gasteiger partial charge is 0.309 e. The molecule has 2 heterocycles. The van der Waals surface area contributed by atoms with E-state index in [0.29, 0.717) is 25.3 Å². The third-order valence-corrected chi connectivity index (χ3v) is 8.15. The van der Waals surface area contributed by atoms with Gasteiger partial charge in [-0.1, -0.05) is 32.0 Å². The summed E-state index contributed by atoms with van der Waals surface area (Å²) in [5.41, 5.74) is 1.08. The molecule has 1 saturated heterocycles. The quantitative estimate of drug-likeness (QED) is 0.606. The molecule has 1 N–H and O–H groups in total. The number of rotatable bonds is 8. The Morgan fingerprint density at radius 1 is 1.16 bits per heavy atom. The van der Waals surface area contributed by atoms with Gasteiger partial charge in [0.05, 0.1) is 17.4 Å². The lowest BCUT2D eigenvalue weighted by atomic mass is 9.98. The van der Waals surface area contributed by atoms with Crippen LogP contribution in [0.15, 0.2) is 46.7 Å². The Kier molecular flexibility index (Phi) is 7.85. The van der Waals surface area contributed by atoms with Crippen molar-refractivity contribution in [3.8, 4) is 0 Å². The largest absolute Gasteiger partial charge is 0.455 e. The van der Waals surface area contributed by atoms with E-state index >= 15 is 0 Å². The number of nitrogens with one attached hydrogen (secondary N) is 1. The molecule has 168 valence electrons. The number of amides is 1. The second-order valence-electron chi connectivity index (χ2n) is 7.87. The number of benzene rings is 1. The Hall–Kier alpha value is -2.23. The molecular formula is C22H28N2O5S2. The van der Waals surface area contributed by atoms with Crippen LogP contribution < -0.4 is 5.32 Å². The van der Waals surface area contributed by atoms with E-state index < -0.39 is 21.9 Å². The molecule has 9 heteroatoms.